The van der Waals surface area contributed by atoms with Gasteiger partial charge in [-0.25, -0.2) is 8.42 Å². The molecule has 3 aromatic rings. The van der Waals surface area contributed by atoms with Crippen LogP contribution in [0.15, 0.2) is 41.1 Å². The molecule has 1 fully saturated rings. The van der Waals surface area contributed by atoms with Crippen LogP contribution < -0.4 is 4.90 Å². The number of halogens is 2. The first-order valence-corrected chi connectivity index (χ1v) is 12.8. The van der Waals surface area contributed by atoms with Crippen molar-refractivity contribution in [2.45, 2.75) is 31.3 Å². The van der Waals surface area contributed by atoms with Gasteiger partial charge in [0, 0.05) is 50.7 Å². The number of aromatic nitrogens is 2. The van der Waals surface area contributed by atoms with Gasteiger partial charge in [0.05, 0.1) is 29.6 Å². The van der Waals surface area contributed by atoms with Crippen LogP contribution in [0, 0.1) is 0 Å². The Morgan fingerprint density at radius 1 is 1.23 bits per heavy atom. The summed E-state index contributed by atoms with van der Waals surface area (Å²) in [5.41, 5.74) is 3.17. The highest BCUT2D eigenvalue weighted by Crippen LogP contribution is 2.59. The molecule has 9 heteroatoms. The molecule has 30 heavy (non-hydrogen) atoms. The number of rotatable bonds is 5. The van der Waals surface area contributed by atoms with Crippen LogP contribution in [0.4, 0.5) is 5.69 Å². The van der Waals surface area contributed by atoms with Gasteiger partial charge in [-0.15, -0.1) is 0 Å². The Kier molecular flexibility index (Phi) is 4.54. The predicted molar refractivity (Wildman–Crippen MR) is 121 cm³/mol. The van der Waals surface area contributed by atoms with Crippen LogP contribution in [0.1, 0.15) is 24.1 Å². The summed E-state index contributed by atoms with van der Waals surface area (Å²) in [5.74, 6) is 0.109. The third-order valence-electron chi connectivity index (χ3n) is 6.01. The molecule has 1 saturated carbocycles. The largest absolute Gasteiger partial charge is 0.342 e. The van der Waals surface area contributed by atoms with Gasteiger partial charge in [-0.05, 0) is 53.0 Å². The third-order valence-corrected chi connectivity index (χ3v) is 7.77. The molecular weight excluding hydrogens is 490 g/mol. The molecule has 1 aromatic carbocycles. The van der Waals surface area contributed by atoms with Gasteiger partial charge in [0.1, 0.15) is 9.84 Å². The first-order chi connectivity index (χ1) is 14.2. The lowest BCUT2D eigenvalue weighted by Gasteiger charge is -2.19. The van der Waals surface area contributed by atoms with Crippen molar-refractivity contribution < 1.29 is 13.2 Å². The zero-order valence-corrected chi connectivity index (χ0v) is 19.4. The normalized spacial score (nSPS) is 17.2. The quantitative estimate of drug-likeness (QED) is 0.521. The number of carbonyl (C=O) groups is 1. The van der Waals surface area contributed by atoms with Crippen LogP contribution in [0.2, 0.25) is 5.02 Å². The Hall–Kier alpha value is -1.90. The minimum Gasteiger partial charge on any atom is -0.342 e. The Morgan fingerprint density at radius 3 is 2.70 bits per heavy atom. The molecule has 3 heterocycles. The van der Waals surface area contributed by atoms with Gasteiger partial charge < -0.3 is 9.47 Å². The zero-order valence-electron chi connectivity index (χ0n) is 16.2. The van der Waals surface area contributed by atoms with Gasteiger partial charge >= 0.3 is 0 Å². The molecule has 0 saturated heterocycles. The molecule has 1 aliphatic carbocycles. The molecule has 2 aromatic heterocycles. The van der Waals surface area contributed by atoms with E-state index in [1.807, 2.05) is 22.8 Å². The van der Waals surface area contributed by atoms with E-state index in [2.05, 4.69) is 20.9 Å². The summed E-state index contributed by atoms with van der Waals surface area (Å²) in [6.45, 7) is 0.665. The Bertz CT molecular complexity index is 1310. The monoisotopic (exact) mass is 507 g/mol. The molecule has 0 bridgehead atoms. The van der Waals surface area contributed by atoms with Gasteiger partial charge in [-0.2, -0.15) is 0 Å². The first kappa shape index (κ1) is 20.0. The lowest BCUT2D eigenvalue weighted by atomic mass is 9.99. The second-order valence-electron chi connectivity index (χ2n) is 8.11. The molecule has 0 radical (unpaired) electrons. The predicted octanol–water partition coefficient (Wildman–Crippen LogP) is 4.08. The van der Waals surface area contributed by atoms with Crippen molar-refractivity contribution in [3.05, 3.63) is 57.4 Å². The van der Waals surface area contributed by atoms with E-state index in [9.17, 15) is 13.2 Å². The van der Waals surface area contributed by atoms with Crippen molar-refractivity contribution in [1.82, 2.24) is 9.55 Å². The van der Waals surface area contributed by atoms with Gasteiger partial charge in [0.25, 0.3) is 0 Å². The Labute approximate surface area is 187 Å². The average Bonchev–Trinajstić information content (AvgIpc) is 3.34. The minimum atomic E-state index is -3.14. The van der Waals surface area contributed by atoms with Gasteiger partial charge in [0.2, 0.25) is 5.91 Å². The van der Waals surface area contributed by atoms with Crippen molar-refractivity contribution >= 4 is 59.9 Å². The lowest BCUT2D eigenvalue weighted by Crippen LogP contribution is -2.32. The fraction of sp³-hybridized carbons (Fsp3) is 0.333. The summed E-state index contributed by atoms with van der Waals surface area (Å²) >= 11 is 9.74. The van der Waals surface area contributed by atoms with Gasteiger partial charge in [-0.1, -0.05) is 11.6 Å². The summed E-state index contributed by atoms with van der Waals surface area (Å²) < 4.78 is 26.4. The molecule has 1 amide bonds. The fourth-order valence-corrected chi connectivity index (χ4v) is 5.83. The number of aryl methyl sites for hydroxylation is 1. The number of benzene rings is 1. The number of hydrogen-bond donors (Lipinski definition) is 0. The maximum atomic E-state index is 13.4. The van der Waals surface area contributed by atoms with Crippen LogP contribution in [0.3, 0.4) is 0 Å². The zero-order chi connectivity index (χ0) is 21.3. The second-order valence-corrected chi connectivity index (χ2v) is 11.7. The molecule has 2 aliphatic rings. The highest BCUT2D eigenvalue weighted by molar-refractivity contribution is 9.10. The third kappa shape index (κ3) is 3.16. The number of fused-ring (bicyclic) bond motifs is 3. The molecule has 6 nitrogen and oxygen atoms in total. The highest BCUT2D eigenvalue weighted by Gasteiger charge is 2.60. The van der Waals surface area contributed by atoms with E-state index >= 15 is 0 Å². The second kappa shape index (κ2) is 6.80. The fourth-order valence-electron chi connectivity index (χ4n) is 4.44. The van der Waals surface area contributed by atoms with Gasteiger partial charge in [0.15, 0.2) is 0 Å². The van der Waals surface area contributed by atoms with Gasteiger partial charge in [-0.3, -0.25) is 9.78 Å². The van der Waals surface area contributed by atoms with Crippen LogP contribution in [-0.2, 0) is 33.1 Å². The van der Waals surface area contributed by atoms with Crippen LogP contribution in [0.25, 0.3) is 10.9 Å². The summed E-state index contributed by atoms with van der Waals surface area (Å²) in [6, 6.07) is 7.53. The number of carbonyl (C=O) groups excluding carboxylic acids is 1. The van der Waals surface area contributed by atoms with Crippen LogP contribution in [-0.4, -0.2) is 35.9 Å². The van der Waals surface area contributed by atoms with Crippen molar-refractivity contribution in [2.75, 3.05) is 16.9 Å². The number of amides is 1. The summed E-state index contributed by atoms with van der Waals surface area (Å²) in [6.07, 6.45) is 6.39. The van der Waals surface area contributed by atoms with E-state index < -0.39 is 15.3 Å². The Morgan fingerprint density at radius 2 is 2.00 bits per heavy atom. The summed E-state index contributed by atoms with van der Waals surface area (Å²) in [4.78, 5) is 19.4. The first-order valence-electron chi connectivity index (χ1n) is 9.61. The van der Waals surface area contributed by atoms with Crippen molar-refractivity contribution in [3.63, 3.8) is 0 Å². The van der Waals surface area contributed by atoms with E-state index in [0.717, 1.165) is 45.2 Å². The average molecular weight is 509 g/mol. The molecule has 1 spiro atoms. The SMILES string of the molecule is CS(=O)(=O)CCn1c(CN2C(=O)C3(CC3)c3c(Br)cncc32)cc2cc(Cl)ccc21. The molecular formula is C21H19BrClN3O3S. The minimum absolute atomic E-state index is 0.0218. The number of anilines is 1. The molecule has 0 atom stereocenters. The van der Waals surface area contributed by atoms with E-state index in [-0.39, 0.29) is 11.7 Å². The summed E-state index contributed by atoms with van der Waals surface area (Å²) in [5, 5.41) is 1.54. The smallest absolute Gasteiger partial charge is 0.238 e. The highest BCUT2D eigenvalue weighted by atomic mass is 79.9. The standard InChI is InChI=1S/C21H19BrClN3O3S/c1-30(28,29)7-6-25-15(9-13-8-14(23)2-3-17(13)25)12-26-18-11-24-10-16(22)19(18)21(4-5-21)20(26)27/h2-3,8-11H,4-7,12H2,1H3. The molecule has 5 rings (SSSR count). The van der Waals surface area contributed by atoms with Crippen molar-refractivity contribution in [3.8, 4) is 0 Å². The maximum Gasteiger partial charge on any atom is 0.238 e. The number of nitrogens with zero attached hydrogens (tertiary/aromatic N) is 3. The molecule has 0 N–H and O–H groups in total. The van der Waals surface area contributed by atoms with E-state index in [0.29, 0.717) is 18.1 Å². The lowest BCUT2D eigenvalue weighted by molar-refractivity contribution is -0.120. The maximum absolute atomic E-state index is 13.4. The van der Waals surface area contributed by atoms with Crippen molar-refractivity contribution in [1.29, 1.82) is 0 Å². The van der Waals surface area contributed by atoms with E-state index in [4.69, 9.17) is 11.6 Å². The van der Waals surface area contributed by atoms with Crippen molar-refractivity contribution in [2.24, 2.45) is 0 Å². The Balaban J connectivity index is 1.59. The number of pyridine rings is 1. The summed E-state index contributed by atoms with van der Waals surface area (Å²) in [7, 11) is -3.14. The number of hydrogen-bond acceptors (Lipinski definition) is 4. The molecule has 156 valence electrons. The van der Waals surface area contributed by atoms with E-state index in [1.54, 1.807) is 23.4 Å². The van der Waals surface area contributed by atoms with Crippen LogP contribution in [0.5, 0.6) is 0 Å². The topological polar surface area (TPSA) is 72.3 Å². The molecule has 0 unspecified atom stereocenters. The van der Waals surface area contributed by atoms with Crippen LogP contribution >= 0.6 is 27.5 Å². The van der Waals surface area contributed by atoms with E-state index in [1.165, 1.54) is 6.26 Å². The number of sulfone groups is 1. The molecule has 1 aliphatic heterocycles.